The molecule has 1 amide bonds. The molecule has 0 aliphatic carbocycles. The van der Waals surface area contributed by atoms with Crippen LogP contribution in [0, 0.1) is 0 Å². The number of fused-ring (bicyclic) bond motifs is 1. The minimum Gasteiger partial charge on any atom is -0.507 e. The molecule has 2 atom stereocenters. The van der Waals surface area contributed by atoms with Gasteiger partial charge in [0.1, 0.15) is 17.6 Å². The molecular weight excluding hydrogens is 646 g/mol. The number of hydrogen-bond donors (Lipinski definition) is 1. The van der Waals surface area contributed by atoms with Crippen LogP contribution in [0.1, 0.15) is 55.5 Å². The molecule has 0 saturated carbocycles. The molecule has 1 saturated heterocycles. The lowest BCUT2D eigenvalue weighted by molar-refractivity contribution is -0.132. The Hall–Kier alpha value is -4.06. The lowest BCUT2D eigenvalue weighted by Gasteiger charge is -2.23. The number of amides is 1. The van der Waals surface area contributed by atoms with Gasteiger partial charge in [0.2, 0.25) is 5.13 Å². The molecule has 3 aromatic carbocycles. The summed E-state index contributed by atoms with van der Waals surface area (Å²) in [5.41, 5.74) is 2.90. The number of Topliss-reactive ketones (excluding diaryl/α,β-unsaturated/α-hetero) is 1. The van der Waals surface area contributed by atoms with Crippen molar-refractivity contribution in [3.8, 4) is 17.2 Å². The third-order valence-corrected chi connectivity index (χ3v) is 9.92. The van der Waals surface area contributed by atoms with Crippen LogP contribution in [-0.2, 0) is 21.8 Å². The summed E-state index contributed by atoms with van der Waals surface area (Å²) >= 11 is 8.69. The highest BCUT2D eigenvalue weighted by Gasteiger charge is 2.48. The first kappa shape index (κ1) is 31.9. The van der Waals surface area contributed by atoms with E-state index in [-0.39, 0.29) is 22.6 Å². The highest BCUT2D eigenvalue weighted by molar-refractivity contribution is 8.00. The fraction of sp³-hybridized carbons (Fsp3) is 0.294. The van der Waals surface area contributed by atoms with E-state index in [1.165, 1.54) is 28.0 Å². The molecule has 1 fully saturated rings. The van der Waals surface area contributed by atoms with E-state index >= 15 is 0 Å². The molecule has 1 aromatic heterocycles. The SMILES string of the molecule is CCCOc1ccc([C@H]2C(=C(O)c3ccc4c(c3)C[C@H](C)O4)C(=O)C(=O)N2c2nnc(SCc3ccc(Cl)cc3)s2)cc1OCC. The zero-order valence-corrected chi connectivity index (χ0v) is 27.9. The minimum atomic E-state index is -0.995. The van der Waals surface area contributed by atoms with Crippen molar-refractivity contribution in [2.75, 3.05) is 18.1 Å². The summed E-state index contributed by atoms with van der Waals surface area (Å²) in [6, 6.07) is 17.1. The van der Waals surface area contributed by atoms with Gasteiger partial charge in [-0.2, -0.15) is 0 Å². The number of hydrogen-bond acceptors (Lipinski definition) is 10. The molecule has 0 spiro atoms. The van der Waals surface area contributed by atoms with Crippen LogP contribution in [0.2, 0.25) is 5.02 Å². The summed E-state index contributed by atoms with van der Waals surface area (Å²) in [6.45, 7) is 6.73. The molecule has 46 heavy (non-hydrogen) atoms. The van der Waals surface area contributed by atoms with Gasteiger partial charge in [0, 0.05) is 22.8 Å². The topological polar surface area (TPSA) is 111 Å². The average Bonchev–Trinajstić information content (AvgIpc) is 3.74. The summed E-state index contributed by atoms with van der Waals surface area (Å²) in [7, 11) is 0. The number of ether oxygens (including phenoxy) is 3. The molecule has 1 N–H and O–H groups in total. The van der Waals surface area contributed by atoms with E-state index in [0.29, 0.717) is 57.4 Å². The van der Waals surface area contributed by atoms with Crippen molar-refractivity contribution in [3.63, 3.8) is 0 Å². The predicted molar refractivity (Wildman–Crippen MR) is 179 cm³/mol. The monoisotopic (exact) mass is 677 g/mol. The number of halogens is 1. The van der Waals surface area contributed by atoms with Gasteiger partial charge in [0.25, 0.3) is 5.78 Å². The van der Waals surface area contributed by atoms with E-state index in [4.69, 9.17) is 25.8 Å². The lowest BCUT2D eigenvalue weighted by Crippen LogP contribution is -2.29. The Balaban J connectivity index is 1.42. The third-order valence-electron chi connectivity index (χ3n) is 7.54. The number of benzene rings is 3. The van der Waals surface area contributed by atoms with Crippen molar-refractivity contribution in [2.45, 2.75) is 55.9 Å². The average molecular weight is 678 g/mol. The van der Waals surface area contributed by atoms with Crippen molar-refractivity contribution in [2.24, 2.45) is 0 Å². The Labute approximate surface area is 280 Å². The van der Waals surface area contributed by atoms with Gasteiger partial charge in [0.05, 0.1) is 24.8 Å². The van der Waals surface area contributed by atoms with E-state index in [9.17, 15) is 14.7 Å². The van der Waals surface area contributed by atoms with Crippen molar-refractivity contribution < 1.29 is 28.9 Å². The Morgan fingerprint density at radius 3 is 2.63 bits per heavy atom. The molecule has 2 aliphatic heterocycles. The molecule has 12 heteroatoms. The van der Waals surface area contributed by atoms with Crippen molar-refractivity contribution in [1.29, 1.82) is 0 Å². The maximum Gasteiger partial charge on any atom is 0.301 e. The van der Waals surface area contributed by atoms with Crippen LogP contribution < -0.4 is 19.1 Å². The Kier molecular flexibility index (Phi) is 9.53. The molecule has 9 nitrogen and oxygen atoms in total. The fourth-order valence-electron chi connectivity index (χ4n) is 5.45. The summed E-state index contributed by atoms with van der Waals surface area (Å²) in [4.78, 5) is 28.9. The standard InChI is InChI=1S/C34H32ClN3O6S2/c1-4-14-43-26-13-8-21(17-27(26)42-5-2)29-28(30(39)22-9-12-25-23(16-22)15-19(3)44-25)31(40)32(41)38(29)33-36-37-34(46-33)45-18-20-6-10-24(35)11-7-20/h6-13,16-17,19,29,39H,4-5,14-15,18H2,1-3H3/t19-,29-/m0/s1. The van der Waals surface area contributed by atoms with E-state index in [1.54, 1.807) is 30.3 Å². The van der Waals surface area contributed by atoms with Crippen molar-refractivity contribution in [3.05, 3.63) is 93.5 Å². The second-order valence-electron chi connectivity index (χ2n) is 10.9. The molecule has 0 radical (unpaired) electrons. The number of nitrogens with zero attached hydrogens (tertiary/aromatic N) is 3. The first-order valence-corrected chi connectivity index (χ1v) is 17.2. The largest absolute Gasteiger partial charge is 0.507 e. The van der Waals surface area contributed by atoms with Gasteiger partial charge in [-0.15, -0.1) is 10.2 Å². The summed E-state index contributed by atoms with van der Waals surface area (Å²) in [6.07, 6.45) is 1.49. The molecule has 0 bridgehead atoms. The van der Waals surface area contributed by atoms with Gasteiger partial charge in [-0.25, -0.2) is 0 Å². The number of aromatic nitrogens is 2. The maximum atomic E-state index is 13.8. The van der Waals surface area contributed by atoms with E-state index in [1.807, 2.05) is 51.1 Å². The Morgan fingerprint density at radius 2 is 1.87 bits per heavy atom. The second kappa shape index (κ2) is 13.7. The molecular formula is C34H32ClN3O6S2. The Bertz CT molecular complexity index is 1810. The first-order valence-electron chi connectivity index (χ1n) is 15.0. The van der Waals surface area contributed by atoms with Crippen molar-refractivity contribution >= 4 is 57.3 Å². The van der Waals surface area contributed by atoms with Crippen LogP contribution in [0.3, 0.4) is 0 Å². The van der Waals surface area contributed by atoms with E-state index in [0.717, 1.165) is 23.3 Å². The number of ketones is 1. The third kappa shape index (κ3) is 6.44. The van der Waals surface area contributed by atoms with Crippen LogP contribution in [-0.4, -0.2) is 46.3 Å². The van der Waals surface area contributed by atoms with Gasteiger partial charge in [-0.3, -0.25) is 14.5 Å². The highest BCUT2D eigenvalue weighted by Crippen LogP contribution is 2.46. The van der Waals surface area contributed by atoms with Crippen LogP contribution >= 0.6 is 34.7 Å². The van der Waals surface area contributed by atoms with E-state index in [2.05, 4.69) is 10.2 Å². The first-order chi connectivity index (χ1) is 22.3. The molecule has 4 aromatic rings. The van der Waals surface area contributed by atoms with Crippen LogP contribution in [0.25, 0.3) is 5.76 Å². The number of carbonyl (C=O) groups excluding carboxylic acids is 2. The van der Waals surface area contributed by atoms with Crippen molar-refractivity contribution in [1.82, 2.24) is 10.2 Å². The Morgan fingerprint density at radius 1 is 1.07 bits per heavy atom. The zero-order valence-electron chi connectivity index (χ0n) is 25.5. The fourth-order valence-corrected chi connectivity index (χ4v) is 7.40. The summed E-state index contributed by atoms with van der Waals surface area (Å²) < 4.78 is 18.3. The number of carbonyl (C=O) groups is 2. The molecule has 3 heterocycles. The lowest BCUT2D eigenvalue weighted by atomic mass is 9.94. The van der Waals surface area contributed by atoms with Gasteiger partial charge < -0.3 is 19.3 Å². The van der Waals surface area contributed by atoms with Gasteiger partial charge in [-0.1, -0.05) is 59.8 Å². The zero-order chi connectivity index (χ0) is 32.4. The number of aliphatic hydroxyl groups excluding tert-OH is 1. The number of thioether (sulfide) groups is 1. The quantitative estimate of drug-likeness (QED) is 0.0563. The van der Waals surface area contributed by atoms with Gasteiger partial charge in [-0.05, 0) is 79.4 Å². The molecule has 238 valence electrons. The number of aliphatic hydroxyl groups is 1. The predicted octanol–water partition coefficient (Wildman–Crippen LogP) is 7.62. The number of rotatable bonds is 11. The number of anilines is 1. The van der Waals surface area contributed by atoms with E-state index < -0.39 is 17.7 Å². The summed E-state index contributed by atoms with van der Waals surface area (Å²) in [5, 5.41) is 21.3. The molecule has 0 unspecified atom stereocenters. The van der Waals surface area contributed by atoms with Crippen LogP contribution in [0.15, 0.2) is 70.6 Å². The minimum absolute atomic E-state index is 0.00700. The summed E-state index contributed by atoms with van der Waals surface area (Å²) in [5.74, 6) is 0.475. The molecule has 2 aliphatic rings. The smallest absolute Gasteiger partial charge is 0.301 e. The normalized spacial score (nSPS) is 18.5. The second-order valence-corrected chi connectivity index (χ2v) is 13.5. The van der Waals surface area contributed by atoms with Gasteiger partial charge >= 0.3 is 5.91 Å². The van der Waals surface area contributed by atoms with Gasteiger partial charge in [0.15, 0.2) is 15.8 Å². The maximum absolute atomic E-state index is 13.8. The van der Waals surface area contributed by atoms with Crippen LogP contribution in [0.5, 0.6) is 17.2 Å². The molecule has 6 rings (SSSR count). The van der Waals surface area contributed by atoms with Crippen LogP contribution in [0.4, 0.5) is 5.13 Å². The highest BCUT2D eigenvalue weighted by atomic mass is 35.5.